The number of thiocarbonyl (C=S) groups is 1. The van der Waals surface area contributed by atoms with Gasteiger partial charge in [-0.05, 0) is 61.6 Å². The molecule has 0 fully saturated rings. The lowest BCUT2D eigenvalue weighted by Gasteiger charge is -2.13. The Hall–Kier alpha value is -2.97. The van der Waals surface area contributed by atoms with Gasteiger partial charge in [0.1, 0.15) is 5.76 Å². The molecular formula is C20H15BrN2O4S. The van der Waals surface area contributed by atoms with Crippen molar-refractivity contribution < 1.29 is 19.1 Å². The largest absolute Gasteiger partial charge is 0.475 e. The highest BCUT2D eigenvalue weighted by molar-refractivity contribution is 9.10. The minimum absolute atomic E-state index is 0.106. The van der Waals surface area contributed by atoms with Crippen molar-refractivity contribution in [2.45, 2.75) is 6.92 Å². The van der Waals surface area contributed by atoms with E-state index in [4.69, 9.17) is 21.7 Å². The molecule has 0 atom stereocenters. The van der Waals surface area contributed by atoms with Crippen LogP contribution < -0.4 is 10.6 Å². The maximum Gasteiger partial charge on any atom is 0.371 e. The standard InChI is InChI=1S/C20H15BrN2O4S/c1-11-2-4-12(5-3-11)18(24)23-20(28)22-15-10-13(21)6-7-14(15)16-8-9-17(27-16)19(25)26/h2-10H,1H3,(H,25,26)(H2,22,23,24,28). The molecule has 6 nitrogen and oxygen atoms in total. The molecule has 3 N–H and O–H groups in total. The number of amides is 1. The minimum atomic E-state index is -1.15. The van der Waals surface area contributed by atoms with Crippen molar-refractivity contribution in [2.75, 3.05) is 5.32 Å². The summed E-state index contributed by atoms with van der Waals surface area (Å²) in [6, 6.07) is 15.3. The molecule has 2 aromatic carbocycles. The Morgan fingerprint density at radius 2 is 1.79 bits per heavy atom. The van der Waals surface area contributed by atoms with Crippen molar-refractivity contribution in [3.05, 3.63) is 76.0 Å². The zero-order chi connectivity index (χ0) is 20.3. The fourth-order valence-electron chi connectivity index (χ4n) is 2.47. The van der Waals surface area contributed by atoms with Gasteiger partial charge in [-0.15, -0.1) is 0 Å². The molecule has 1 aromatic heterocycles. The van der Waals surface area contributed by atoms with E-state index in [9.17, 15) is 9.59 Å². The number of carbonyl (C=O) groups is 2. The first kappa shape index (κ1) is 19.8. The smallest absolute Gasteiger partial charge is 0.371 e. The van der Waals surface area contributed by atoms with Gasteiger partial charge < -0.3 is 14.8 Å². The number of anilines is 1. The summed E-state index contributed by atoms with van der Waals surface area (Å²) in [5, 5.41) is 14.7. The molecule has 0 bridgehead atoms. The van der Waals surface area contributed by atoms with Crippen molar-refractivity contribution in [1.29, 1.82) is 0 Å². The lowest BCUT2D eigenvalue weighted by atomic mass is 10.1. The van der Waals surface area contributed by atoms with E-state index in [0.29, 0.717) is 22.6 Å². The van der Waals surface area contributed by atoms with Gasteiger partial charge in [-0.25, -0.2) is 4.79 Å². The number of aryl methyl sites for hydroxylation is 1. The second-order valence-corrected chi connectivity index (χ2v) is 7.26. The monoisotopic (exact) mass is 458 g/mol. The topological polar surface area (TPSA) is 91.6 Å². The van der Waals surface area contributed by atoms with Gasteiger partial charge in [0.05, 0.1) is 5.69 Å². The van der Waals surface area contributed by atoms with E-state index in [0.717, 1.165) is 10.0 Å². The van der Waals surface area contributed by atoms with Gasteiger partial charge >= 0.3 is 5.97 Å². The number of hydrogen-bond acceptors (Lipinski definition) is 4. The molecule has 0 aliphatic heterocycles. The molecule has 3 rings (SSSR count). The summed E-state index contributed by atoms with van der Waals surface area (Å²) in [4.78, 5) is 23.4. The average molecular weight is 459 g/mol. The van der Waals surface area contributed by atoms with E-state index in [1.165, 1.54) is 6.07 Å². The fourth-order valence-corrected chi connectivity index (χ4v) is 3.03. The lowest BCUT2D eigenvalue weighted by Crippen LogP contribution is -2.34. The predicted octanol–water partition coefficient (Wildman–Crippen LogP) is 4.84. The summed E-state index contributed by atoms with van der Waals surface area (Å²) >= 11 is 8.64. The predicted molar refractivity (Wildman–Crippen MR) is 114 cm³/mol. The van der Waals surface area contributed by atoms with Crippen molar-refractivity contribution >= 4 is 50.8 Å². The number of halogens is 1. The molecule has 8 heteroatoms. The molecule has 0 aliphatic rings. The third-order valence-corrected chi connectivity index (χ3v) is 4.55. The molecule has 1 amide bonds. The van der Waals surface area contributed by atoms with Gasteiger partial charge in [0.15, 0.2) is 5.11 Å². The first-order chi connectivity index (χ1) is 13.3. The van der Waals surface area contributed by atoms with Gasteiger partial charge in [0, 0.05) is 15.6 Å². The Bertz CT molecular complexity index is 1060. The quantitative estimate of drug-likeness (QED) is 0.484. The summed E-state index contributed by atoms with van der Waals surface area (Å²) in [5.74, 6) is -1.29. The SMILES string of the molecule is Cc1ccc(C(=O)NC(=S)Nc2cc(Br)ccc2-c2ccc(C(=O)O)o2)cc1. The van der Waals surface area contributed by atoms with Crippen LogP contribution in [-0.2, 0) is 0 Å². The van der Waals surface area contributed by atoms with Crippen molar-refractivity contribution in [3.63, 3.8) is 0 Å². The zero-order valence-electron chi connectivity index (χ0n) is 14.7. The van der Waals surface area contributed by atoms with Crippen LogP contribution in [0.1, 0.15) is 26.5 Å². The maximum absolute atomic E-state index is 12.3. The molecule has 0 aliphatic carbocycles. The number of carboxylic acids is 1. The van der Waals surface area contributed by atoms with E-state index < -0.39 is 5.97 Å². The Morgan fingerprint density at radius 1 is 1.07 bits per heavy atom. The van der Waals surface area contributed by atoms with E-state index >= 15 is 0 Å². The van der Waals surface area contributed by atoms with E-state index in [1.54, 1.807) is 36.4 Å². The molecule has 0 unspecified atom stereocenters. The van der Waals surface area contributed by atoms with Crippen LogP contribution in [0.2, 0.25) is 0 Å². The van der Waals surface area contributed by atoms with Crippen LogP contribution >= 0.6 is 28.1 Å². The summed E-state index contributed by atoms with van der Waals surface area (Å²) in [7, 11) is 0. The molecule has 0 saturated heterocycles. The number of benzene rings is 2. The second kappa shape index (κ2) is 8.37. The summed E-state index contributed by atoms with van der Waals surface area (Å²) in [6.07, 6.45) is 0. The molecule has 142 valence electrons. The average Bonchev–Trinajstić information content (AvgIpc) is 3.12. The van der Waals surface area contributed by atoms with E-state index in [2.05, 4.69) is 26.6 Å². The molecule has 28 heavy (non-hydrogen) atoms. The van der Waals surface area contributed by atoms with Gasteiger partial charge in [-0.2, -0.15) is 0 Å². The highest BCUT2D eigenvalue weighted by Crippen LogP contribution is 2.32. The number of carbonyl (C=O) groups excluding carboxylic acids is 1. The van der Waals surface area contributed by atoms with E-state index in [1.807, 2.05) is 19.1 Å². The van der Waals surface area contributed by atoms with Gasteiger partial charge in [-0.3, -0.25) is 10.1 Å². The number of hydrogen-bond donors (Lipinski definition) is 3. The van der Waals surface area contributed by atoms with Gasteiger partial charge in [0.25, 0.3) is 5.91 Å². The number of nitrogens with one attached hydrogen (secondary N) is 2. The van der Waals surface area contributed by atoms with E-state index in [-0.39, 0.29) is 16.8 Å². The maximum atomic E-state index is 12.3. The highest BCUT2D eigenvalue weighted by Gasteiger charge is 2.15. The van der Waals surface area contributed by atoms with Crippen LogP contribution in [0, 0.1) is 6.92 Å². The van der Waals surface area contributed by atoms with Crippen molar-refractivity contribution in [2.24, 2.45) is 0 Å². The Balaban J connectivity index is 1.80. The second-order valence-electron chi connectivity index (χ2n) is 5.93. The number of aromatic carboxylic acids is 1. The molecular weight excluding hydrogens is 444 g/mol. The fraction of sp³-hybridized carbons (Fsp3) is 0.0500. The number of furan rings is 1. The summed E-state index contributed by atoms with van der Waals surface area (Å²) < 4.78 is 6.14. The molecule has 3 aromatic rings. The Morgan fingerprint density at radius 3 is 2.43 bits per heavy atom. The highest BCUT2D eigenvalue weighted by atomic mass is 79.9. The van der Waals surface area contributed by atoms with Crippen LogP contribution in [0.4, 0.5) is 5.69 Å². The van der Waals surface area contributed by atoms with Crippen molar-refractivity contribution in [3.8, 4) is 11.3 Å². The Labute approximate surface area is 174 Å². The minimum Gasteiger partial charge on any atom is -0.475 e. The molecule has 0 spiro atoms. The molecule has 0 saturated carbocycles. The molecule has 0 radical (unpaired) electrons. The van der Waals surface area contributed by atoms with Crippen LogP contribution in [-0.4, -0.2) is 22.1 Å². The van der Waals surface area contributed by atoms with Gasteiger partial charge in [-0.1, -0.05) is 33.6 Å². The van der Waals surface area contributed by atoms with Crippen molar-refractivity contribution in [1.82, 2.24) is 5.32 Å². The summed E-state index contributed by atoms with van der Waals surface area (Å²) in [5.41, 5.74) is 2.69. The third-order valence-electron chi connectivity index (χ3n) is 3.85. The first-order valence-electron chi connectivity index (χ1n) is 8.15. The molecule has 1 heterocycles. The van der Waals surface area contributed by atoms with Crippen LogP contribution in [0.15, 0.2) is 63.5 Å². The van der Waals surface area contributed by atoms with Crippen LogP contribution in [0.3, 0.4) is 0 Å². The number of carboxylic acid groups (broad SMARTS) is 1. The first-order valence-corrected chi connectivity index (χ1v) is 9.35. The van der Waals surface area contributed by atoms with Crippen LogP contribution in [0.5, 0.6) is 0 Å². The van der Waals surface area contributed by atoms with Crippen LogP contribution in [0.25, 0.3) is 11.3 Å². The van der Waals surface area contributed by atoms with Gasteiger partial charge in [0.2, 0.25) is 5.76 Å². The Kier molecular flexibility index (Phi) is 5.91. The zero-order valence-corrected chi connectivity index (χ0v) is 17.1. The normalized spacial score (nSPS) is 10.4. The number of rotatable bonds is 4. The summed E-state index contributed by atoms with van der Waals surface area (Å²) in [6.45, 7) is 1.94. The third kappa shape index (κ3) is 4.65. The lowest BCUT2D eigenvalue weighted by molar-refractivity contribution is 0.0663.